The minimum Gasteiger partial charge on any atom is -0.506 e. The highest BCUT2D eigenvalue weighted by Gasteiger charge is 2.31. The van der Waals surface area contributed by atoms with Crippen molar-refractivity contribution in [3.8, 4) is 5.75 Å². The van der Waals surface area contributed by atoms with Gasteiger partial charge in [-0.3, -0.25) is 0 Å². The molecule has 0 radical (unpaired) electrons. The van der Waals surface area contributed by atoms with E-state index in [1.54, 1.807) is 0 Å². The molecule has 19 heavy (non-hydrogen) atoms. The summed E-state index contributed by atoms with van der Waals surface area (Å²) in [7, 11) is 0. The fraction of sp³-hybridized carbons (Fsp3) is 0. The summed E-state index contributed by atoms with van der Waals surface area (Å²) in [6.07, 6.45) is 0. The zero-order chi connectivity index (χ0) is 14.9. The summed E-state index contributed by atoms with van der Waals surface area (Å²) in [5.74, 6) is -8.81. The topological polar surface area (TPSA) is 169 Å². The molecule has 0 saturated heterocycles. The number of phenols is 1. The third kappa shape index (κ3) is 2.29. The van der Waals surface area contributed by atoms with Gasteiger partial charge in [-0.2, -0.15) is 0 Å². The van der Waals surface area contributed by atoms with Gasteiger partial charge in [-0.25, -0.2) is 19.2 Å². The van der Waals surface area contributed by atoms with Crippen LogP contribution in [0.4, 0.5) is 0 Å². The molecule has 0 aliphatic heterocycles. The first-order valence-corrected chi connectivity index (χ1v) is 4.51. The summed E-state index contributed by atoms with van der Waals surface area (Å²) in [4.78, 5) is 43.4. The fourth-order valence-electron chi connectivity index (χ4n) is 1.43. The van der Waals surface area contributed by atoms with Gasteiger partial charge in [0.15, 0.2) is 0 Å². The number of aromatic hydroxyl groups is 1. The van der Waals surface area contributed by atoms with Crippen molar-refractivity contribution in [2.45, 2.75) is 0 Å². The predicted octanol–water partition coefficient (Wildman–Crippen LogP) is 0.185. The van der Waals surface area contributed by atoms with Crippen molar-refractivity contribution < 1.29 is 44.7 Å². The smallest absolute Gasteiger partial charge is 0.340 e. The Hall–Kier alpha value is -3.10. The van der Waals surface area contributed by atoms with Gasteiger partial charge in [0.05, 0.1) is 11.1 Å². The predicted molar refractivity (Wildman–Crippen MR) is 55.9 cm³/mol. The lowest BCUT2D eigenvalue weighted by molar-refractivity contribution is 0.0628. The molecule has 0 amide bonds. The van der Waals surface area contributed by atoms with Gasteiger partial charge < -0.3 is 25.5 Å². The van der Waals surface area contributed by atoms with Crippen LogP contribution < -0.4 is 0 Å². The molecule has 0 aromatic heterocycles. The third-order valence-electron chi connectivity index (χ3n) is 2.19. The first-order chi connectivity index (χ1) is 8.68. The van der Waals surface area contributed by atoms with Crippen LogP contribution in [0.25, 0.3) is 0 Å². The molecule has 1 aromatic rings. The molecule has 0 aliphatic rings. The van der Waals surface area contributed by atoms with E-state index >= 15 is 0 Å². The van der Waals surface area contributed by atoms with E-state index in [4.69, 9.17) is 20.4 Å². The molecule has 0 fully saturated rings. The van der Waals surface area contributed by atoms with E-state index in [1.165, 1.54) is 0 Å². The fourth-order valence-corrected chi connectivity index (χ4v) is 1.43. The van der Waals surface area contributed by atoms with Gasteiger partial charge in [0.2, 0.25) is 0 Å². The first kappa shape index (κ1) is 14.0. The lowest BCUT2D eigenvalue weighted by Gasteiger charge is -2.10. The molecule has 0 saturated carbocycles. The highest BCUT2D eigenvalue weighted by atomic mass is 16.4. The SMILES string of the molecule is O=C(O)c1cc(C(=O)O)c(C(=O)O)c(C(=O)O)c1O. The van der Waals surface area contributed by atoms with E-state index in [2.05, 4.69) is 0 Å². The number of aromatic carboxylic acids is 4. The number of carboxylic acids is 4. The maximum atomic E-state index is 10.9. The maximum absolute atomic E-state index is 10.9. The van der Waals surface area contributed by atoms with E-state index in [-0.39, 0.29) is 0 Å². The molecule has 5 N–H and O–H groups in total. The molecule has 9 nitrogen and oxygen atoms in total. The molecule has 0 unspecified atom stereocenters. The summed E-state index contributed by atoms with van der Waals surface area (Å²) in [5.41, 5.74) is -4.53. The Bertz CT molecular complexity index is 614. The van der Waals surface area contributed by atoms with Gasteiger partial charge in [-0.1, -0.05) is 0 Å². The summed E-state index contributed by atoms with van der Waals surface area (Å²) >= 11 is 0. The van der Waals surface area contributed by atoms with Crippen LogP contribution in [0.5, 0.6) is 5.75 Å². The van der Waals surface area contributed by atoms with Crippen LogP contribution in [-0.4, -0.2) is 49.4 Å². The number of benzene rings is 1. The van der Waals surface area contributed by atoms with E-state index < -0.39 is 51.9 Å². The van der Waals surface area contributed by atoms with Gasteiger partial charge in [0.1, 0.15) is 16.9 Å². The molecule has 0 aliphatic carbocycles. The minimum absolute atomic E-state index is 0.385. The highest BCUT2D eigenvalue weighted by Crippen LogP contribution is 2.29. The molecule has 100 valence electrons. The molecular formula is C10H6O9. The van der Waals surface area contributed by atoms with Crippen LogP contribution in [0.15, 0.2) is 6.07 Å². The van der Waals surface area contributed by atoms with Crippen molar-refractivity contribution in [3.05, 3.63) is 28.3 Å². The van der Waals surface area contributed by atoms with Crippen LogP contribution in [0.2, 0.25) is 0 Å². The Labute approximate surface area is 104 Å². The van der Waals surface area contributed by atoms with Crippen molar-refractivity contribution >= 4 is 23.9 Å². The molecule has 1 rings (SSSR count). The Morgan fingerprint density at radius 1 is 0.684 bits per heavy atom. The number of hydrogen-bond donors (Lipinski definition) is 5. The third-order valence-corrected chi connectivity index (χ3v) is 2.19. The van der Waals surface area contributed by atoms with E-state index in [1.807, 2.05) is 0 Å². The number of hydrogen-bond acceptors (Lipinski definition) is 5. The Morgan fingerprint density at radius 2 is 1.11 bits per heavy atom. The second kappa shape index (κ2) is 4.64. The molecule has 0 heterocycles. The van der Waals surface area contributed by atoms with Gasteiger partial charge >= 0.3 is 23.9 Å². The average Bonchev–Trinajstić information content (AvgIpc) is 2.26. The Balaban J connectivity index is 3.94. The Kier molecular flexibility index (Phi) is 3.41. The summed E-state index contributed by atoms with van der Waals surface area (Å²) in [6, 6.07) is 0.385. The van der Waals surface area contributed by atoms with E-state index in [0.717, 1.165) is 0 Å². The summed E-state index contributed by atoms with van der Waals surface area (Å²) in [6.45, 7) is 0. The Morgan fingerprint density at radius 3 is 1.42 bits per heavy atom. The highest BCUT2D eigenvalue weighted by molar-refractivity contribution is 6.13. The molecule has 1 aromatic carbocycles. The van der Waals surface area contributed by atoms with E-state index in [9.17, 15) is 24.3 Å². The van der Waals surface area contributed by atoms with Crippen molar-refractivity contribution in [1.29, 1.82) is 0 Å². The summed E-state index contributed by atoms with van der Waals surface area (Å²) < 4.78 is 0. The minimum atomic E-state index is -1.96. The first-order valence-electron chi connectivity index (χ1n) is 4.51. The van der Waals surface area contributed by atoms with Crippen molar-refractivity contribution in [2.24, 2.45) is 0 Å². The molecular weight excluding hydrogens is 264 g/mol. The monoisotopic (exact) mass is 270 g/mol. The number of rotatable bonds is 4. The van der Waals surface area contributed by atoms with Crippen LogP contribution in [0.1, 0.15) is 41.4 Å². The maximum Gasteiger partial charge on any atom is 0.340 e. The largest absolute Gasteiger partial charge is 0.506 e. The summed E-state index contributed by atoms with van der Waals surface area (Å²) in [5, 5.41) is 44.6. The number of carbonyl (C=O) groups is 4. The van der Waals surface area contributed by atoms with Crippen LogP contribution >= 0.6 is 0 Å². The van der Waals surface area contributed by atoms with E-state index in [0.29, 0.717) is 6.07 Å². The van der Waals surface area contributed by atoms with Crippen LogP contribution in [-0.2, 0) is 0 Å². The normalized spacial score (nSPS) is 9.89. The second-order valence-electron chi connectivity index (χ2n) is 3.29. The van der Waals surface area contributed by atoms with Crippen LogP contribution in [0.3, 0.4) is 0 Å². The zero-order valence-corrected chi connectivity index (χ0v) is 8.95. The molecule has 0 atom stereocenters. The standard InChI is InChI=1S/C10H6O9/c11-6-3(8(14)15)1-2(7(12)13)4(9(16)17)5(6)10(18)19/h1,11H,(H,12,13)(H,14,15)(H,16,17)(H,18,19). The van der Waals surface area contributed by atoms with Gasteiger partial charge in [0.25, 0.3) is 0 Å². The zero-order valence-electron chi connectivity index (χ0n) is 8.95. The van der Waals surface area contributed by atoms with Crippen molar-refractivity contribution in [1.82, 2.24) is 0 Å². The van der Waals surface area contributed by atoms with Crippen molar-refractivity contribution in [3.63, 3.8) is 0 Å². The molecule has 0 spiro atoms. The number of carboxylic acid groups (broad SMARTS) is 4. The van der Waals surface area contributed by atoms with Crippen LogP contribution in [0, 0.1) is 0 Å². The molecule has 9 heteroatoms. The second-order valence-corrected chi connectivity index (χ2v) is 3.29. The van der Waals surface area contributed by atoms with Gasteiger partial charge in [0, 0.05) is 0 Å². The lowest BCUT2D eigenvalue weighted by Crippen LogP contribution is -2.17. The van der Waals surface area contributed by atoms with Gasteiger partial charge in [-0.05, 0) is 6.07 Å². The molecule has 0 bridgehead atoms. The van der Waals surface area contributed by atoms with Gasteiger partial charge in [-0.15, -0.1) is 0 Å². The quantitative estimate of drug-likeness (QED) is 0.512. The lowest BCUT2D eigenvalue weighted by atomic mass is 9.96. The van der Waals surface area contributed by atoms with Crippen molar-refractivity contribution in [2.75, 3.05) is 0 Å². The average molecular weight is 270 g/mol.